The fourth-order valence-corrected chi connectivity index (χ4v) is 3.09. The quantitative estimate of drug-likeness (QED) is 0.668. The number of nitrogens with zero attached hydrogens (tertiary/aromatic N) is 1. The number of benzene rings is 2. The summed E-state index contributed by atoms with van der Waals surface area (Å²) in [6, 6.07) is 23.7. The van der Waals surface area contributed by atoms with E-state index in [1.54, 1.807) is 17.8 Å². The smallest absolute Gasteiger partial charge is 0.328 e. The zero-order valence-electron chi connectivity index (χ0n) is 12.8. The van der Waals surface area contributed by atoms with Crippen LogP contribution in [0.25, 0.3) is 17.3 Å². The maximum Gasteiger partial charge on any atom is 0.328 e. The van der Waals surface area contributed by atoms with Gasteiger partial charge >= 0.3 is 5.97 Å². The molecule has 3 aromatic rings. The number of carboxylic acids is 1. The molecule has 0 bridgehead atoms. The molecule has 0 spiro atoms. The van der Waals surface area contributed by atoms with E-state index in [9.17, 15) is 4.79 Å². The van der Waals surface area contributed by atoms with Crippen molar-refractivity contribution < 1.29 is 9.90 Å². The highest BCUT2D eigenvalue weighted by molar-refractivity contribution is 7.99. The molecule has 0 amide bonds. The molecule has 2 aromatic carbocycles. The summed E-state index contributed by atoms with van der Waals surface area (Å²) >= 11 is 1.55. The van der Waals surface area contributed by atoms with Gasteiger partial charge in [0.2, 0.25) is 0 Å². The molecule has 0 atom stereocenters. The average Bonchev–Trinajstić information content (AvgIpc) is 2.61. The van der Waals surface area contributed by atoms with Crippen LogP contribution >= 0.6 is 11.8 Å². The van der Waals surface area contributed by atoms with Crippen LogP contribution in [-0.4, -0.2) is 16.1 Å². The van der Waals surface area contributed by atoms with Crippen LogP contribution in [0.2, 0.25) is 0 Å². The van der Waals surface area contributed by atoms with Crippen LogP contribution in [-0.2, 0) is 4.79 Å². The number of carbonyl (C=O) groups is 1. The van der Waals surface area contributed by atoms with Gasteiger partial charge in [0.25, 0.3) is 0 Å². The molecule has 3 rings (SSSR count). The van der Waals surface area contributed by atoms with Crippen molar-refractivity contribution >= 4 is 23.8 Å². The van der Waals surface area contributed by atoms with Crippen LogP contribution in [0.1, 0.15) is 5.56 Å². The first-order valence-electron chi connectivity index (χ1n) is 7.42. The third-order valence-corrected chi connectivity index (χ3v) is 4.22. The lowest BCUT2D eigenvalue weighted by Crippen LogP contribution is -1.87. The van der Waals surface area contributed by atoms with Crippen molar-refractivity contribution in [2.75, 3.05) is 0 Å². The van der Waals surface area contributed by atoms with Crippen molar-refractivity contribution in [2.24, 2.45) is 0 Å². The molecule has 4 heteroatoms. The molecule has 0 radical (unpaired) electrons. The van der Waals surface area contributed by atoms with Gasteiger partial charge in [0.05, 0.1) is 5.69 Å². The SMILES string of the molecule is O=C(O)/C=C/c1cccc(Sc2cccc(-c3ccccc3)n2)c1. The van der Waals surface area contributed by atoms with Gasteiger partial charge in [0.15, 0.2) is 0 Å². The third-order valence-electron chi connectivity index (χ3n) is 3.29. The Balaban J connectivity index is 1.82. The second-order valence-corrected chi connectivity index (χ2v) is 6.17. The maximum absolute atomic E-state index is 10.6. The van der Waals surface area contributed by atoms with Gasteiger partial charge in [-0.05, 0) is 35.9 Å². The van der Waals surface area contributed by atoms with Gasteiger partial charge in [0, 0.05) is 16.5 Å². The van der Waals surface area contributed by atoms with Gasteiger partial charge < -0.3 is 5.11 Å². The molecule has 1 N–H and O–H groups in total. The summed E-state index contributed by atoms with van der Waals surface area (Å²) in [7, 11) is 0. The van der Waals surface area contributed by atoms with E-state index in [1.807, 2.05) is 72.8 Å². The monoisotopic (exact) mass is 333 g/mol. The van der Waals surface area contributed by atoms with Gasteiger partial charge in [-0.2, -0.15) is 0 Å². The number of pyridine rings is 1. The fraction of sp³-hybridized carbons (Fsp3) is 0. The van der Waals surface area contributed by atoms with Crippen molar-refractivity contribution in [3.8, 4) is 11.3 Å². The predicted octanol–water partition coefficient (Wildman–Crippen LogP) is 5.00. The minimum absolute atomic E-state index is 0.849. The van der Waals surface area contributed by atoms with E-state index >= 15 is 0 Å². The van der Waals surface area contributed by atoms with Crippen molar-refractivity contribution in [3.05, 3.63) is 84.4 Å². The van der Waals surface area contributed by atoms with Crippen LogP contribution in [0.5, 0.6) is 0 Å². The highest BCUT2D eigenvalue weighted by atomic mass is 32.2. The Morgan fingerprint density at radius 2 is 1.75 bits per heavy atom. The first-order chi connectivity index (χ1) is 11.7. The zero-order valence-corrected chi connectivity index (χ0v) is 13.6. The van der Waals surface area contributed by atoms with E-state index in [1.165, 1.54) is 0 Å². The molecular formula is C20H15NO2S. The van der Waals surface area contributed by atoms with Gasteiger partial charge in [0.1, 0.15) is 5.03 Å². The van der Waals surface area contributed by atoms with Crippen molar-refractivity contribution in [1.82, 2.24) is 4.98 Å². The van der Waals surface area contributed by atoms with Crippen LogP contribution in [0.15, 0.2) is 88.8 Å². The van der Waals surface area contributed by atoms with Crippen molar-refractivity contribution in [1.29, 1.82) is 0 Å². The highest BCUT2D eigenvalue weighted by Gasteiger charge is 2.03. The van der Waals surface area contributed by atoms with Gasteiger partial charge in [-0.3, -0.25) is 0 Å². The first-order valence-corrected chi connectivity index (χ1v) is 8.24. The topological polar surface area (TPSA) is 50.2 Å². The predicted molar refractivity (Wildman–Crippen MR) is 96.9 cm³/mol. The number of hydrogen-bond donors (Lipinski definition) is 1. The summed E-state index contributed by atoms with van der Waals surface area (Å²) in [5.74, 6) is -0.953. The summed E-state index contributed by atoms with van der Waals surface area (Å²) in [5, 5.41) is 9.61. The number of rotatable bonds is 5. The Morgan fingerprint density at radius 1 is 0.958 bits per heavy atom. The average molecular weight is 333 g/mol. The van der Waals surface area contributed by atoms with Crippen molar-refractivity contribution in [3.63, 3.8) is 0 Å². The molecule has 1 aromatic heterocycles. The third kappa shape index (κ3) is 4.33. The lowest BCUT2D eigenvalue weighted by Gasteiger charge is -2.05. The summed E-state index contributed by atoms with van der Waals surface area (Å²) < 4.78 is 0. The zero-order chi connectivity index (χ0) is 16.8. The van der Waals surface area contributed by atoms with Gasteiger partial charge in [-0.15, -0.1) is 0 Å². The number of carboxylic acid groups (broad SMARTS) is 1. The molecule has 0 aliphatic carbocycles. The van der Waals surface area contributed by atoms with E-state index in [-0.39, 0.29) is 0 Å². The second-order valence-electron chi connectivity index (χ2n) is 5.07. The Hall–Kier alpha value is -2.85. The summed E-state index contributed by atoms with van der Waals surface area (Å²) in [6.07, 6.45) is 2.72. The van der Waals surface area contributed by atoms with Crippen LogP contribution in [0.3, 0.4) is 0 Å². The Kier molecular flexibility index (Phi) is 5.08. The number of hydrogen-bond acceptors (Lipinski definition) is 3. The molecule has 0 aliphatic heterocycles. The maximum atomic E-state index is 10.6. The molecule has 118 valence electrons. The van der Waals surface area contributed by atoms with Crippen LogP contribution in [0.4, 0.5) is 0 Å². The van der Waals surface area contributed by atoms with E-state index in [0.29, 0.717) is 0 Å². The first kappa shape index (κ1) is 16.0. The number of aliphatic carboxylic acids is 1. The van der Waals surface area contributed by atoms with Crippen molar-refractivity contribution in [2.45, 2.75) is 9.92 Å². The summed E-state index contributed by atoms with van der Waals surface area (Å²) in [5.41, 5.74) is 2.86. The van der Waals surface area contributed by atoms with Gasteiger partial charge in [-0.1, -0.05) is 60.3 Å². The summed E-state index contributed by atoms with van der Waals surface area (Å²) in [4.78, 5) is 16.3. The lowest BCUT2D eigenvalue weighted by molar-refractivity contribution is -0.131. The number of aromatic nitrogens is 1. The van der Waals surface area contributed by atoms with E-state index in [4.69, 9.17) is 10.1 Å². The fourth-order valence-electron chi connectivity index (χ4n) is 2.21. The lowest BCUT2D eigenvalue weighted by atomic mass is 10.1. The standard InChI is InChI=1S/C20H15NO2S/c22-20(23)13-12-15-6-4-9-17(14-15)24-19-11-5-10-18(21-19)16-7-2-1-3-8-16/h1-14H,(H,22,23)/b13-12+. The molecule has 24 heavy (non-hydrogen) atoms. The van der Waals surface area contributed by atoms with E-state index in [0.717, 1.165) is 32.8 Å². The molecule has 1 heterocycles. The molecule has 3 nitrogen and oxygen atoms in total. The molecule has 0 fully saturated rings. The molecule has 0 aliphatic rings. The molecule has 0 unspecified atom stereocenters. The Morgan fingerprint density at radius 3 is 2.54 bits per heavy atom. The Labute approximate surface area is 144 Å². The van der Waals surface area contributed by atoms with Gasteiger partial charge in [-0.25, -0.2) is 9.78 Å². The largest absolute Gasteiger partial charge is 0.478 e. The second kappa shape index (κ2) is 7.62. The van der Waals surface area contributed by atoms with E-state index in [2.05, 4.69) is 0 Å². The highest BCUT2D eigenvalue weighted by Crippen LogP contribution is 2.28. The molecule has 0 saturated heterocycles. The normalized spacial score (nSPS) is 10.8. The minimum Gasteiger partial charge on any atom is -0.478 e. The molecular weight excluding hydrogens is 318 g/mol. The summed E-state index contributed by atoms with van der Waals surface area (Å²) in [6.45, 7) is 0. The minimum atomic E-state index is -0.953. The molecule has 0 saturated carbocycles. The van der Waals surface area contributed by atoms with E-state index < -0.39 is 5.97 Å². The van der Waals surface area contributed by atoms with Crippen LogP contribution < -0.4 is 0 Å². The Bertz CT molecular complexity index is 876. The van der Waals surface area contributed by atoms with Crippen LogP contribution in [0, 0.1) is 0 Å².